The van der Waals surface area contributed by atoms with Gasteiger partial charge in [-0.2, -0.15) is 4.98 Å². The highest BCUT2D eigenvalue weighted by atomic mass is 35.5. The minimum Gasteiger partial charge on any atom is -0.362 e. The third-order valence-electron chi connectivity index (χ3n) is 6.50. The summed E-state index contributed by atoms with van der Waals surface area (Å²) in [6.07, 6.45) is 8.75. The zero-order chi connectivity index (χ0) is 22.7. The summed E-state index contributed by atoms with van der Waals surface area (Å²) in [5.41, 5.74) is 3.06. The number of benzene rings is 1. The first-order chi connectivity index (χ1) is 15.4. The van der Waals surface area contributed by atoms with E-state index in [2.05, 4.69) is 29.6 Å². The van der Waals surface area contributed by atoms with Crippen molar-refractivity contribution in [3.63, 3.8) is 0 Å². The Morgan fingerprint density at radius 1 is 1.06 bits per heavy atom. The predicted octanol–water partition coefficient (Wildman–Crippen LogP) is 5.13. The van der Waals surface area contributed by atoms with Gasteiger partial charge < -0.3 is 15.5 Å². The molecule has 1 fully saturated rings. The Kier molecular flexibility index (Phi) is 7.41. The molecule has 2 aliphatic rings. The molecule has 4 rings (SSSR count). The summed E-state index contributed by atoms with van der Waals surface area (Å²) >= 11 is 12.0. The van der Waals surface area contributed by atoms with Crippen molar-refractivity contribution in [2.24, 2.45) is 5.92 Å². The number of hydrogen-bond acceptors (Lipinski definition) is 5. The fourth-order valence-corrected chi connectivity index (χ4v) is 4.98. The van der Waals surface area contributed by atoms with Crippen molar-refractivity contribution >= 4 is 40.9 Å². The minimum absolute atomic E-state index is 0.109. The molecule has 32 heavy (non-hydrogen) atoms. The number of aryl methyl sites for hydroxylation is 1. The second-order valence-corrected chi connectivity index (χ2v) is 9.91. The predicted molar refractivity (Wildman–Crippen MR) is 131 cm³/mol. The minimum atomic E-state index is -0.109. The van der Waals surface area contributed by atoms with E-state index in [0.29, 0.717) is 34.1 Å². The maximum atomic E-state index is 12.4. The number of nitrogens with zero attached hydrogens (tertiary/aromatic N) is 3. The number of carbonyl (C=O) groups is 1. The fraction of sp³-hybridized carbons (Fsp3) is 0.542. The van der Waals surface area contributed by atoms with Crippen LogP contribution in [0.2, 0.25) is 10.0 Å². The average molecular weight is 476 g/mol. The van der Waals surface area contributed by atoms with Gasteiger partial charge in [0.25, 0.3) is 5.91 Å². The highest BCUT2D eigenvalue weighted by molar-refractivity contribution is 6.42. The van der Waals surface area contributed by atoms with E-state index in [4.69, 9.17) is 33.2 Å². The van der Waals surface area contributed by atoms with E-state index >= 15 is 0 Å². The van der Waals surface area contributed by atoms with Crippen LogP contribution in [0, 0.1) is 5.92 Å². The first kappa shape index (κ1) is 23.1. The molecule has 1 saturated carbocycles. The topological polar surface area (TPSA) is 70.2 Å². The molecule has 1 aromatic carbocycles. The molecule has 0 radical (unpaired) electrons. The lowest BCUT2D eigenvalue weighted by Gasteiger charge is -2.30. The molecular formula is C24H31Cl2N5O. The van der Waals surface area contributed by atoms with E-state index < -0.39 is 0 Å². The van der Waals surface area contributed by atoms with E-state index in [1.807, 2.05) is 0 Å². The van der Waals surface area contributed by atoms with E-state index in [-0.39, 0.29) is 5.91 Å². The molecule has 1 heterocycles. The summed E-state index contributed by atoms with van der Waals surface area (Å²) in [5, 5.41) is 7.48. The lowest BCUT2D eigenvalue weighted by Crippen LogP contribution is -2.34. The van der Waals surface area contributed by atoms with Gasteiger partial charge in [-0.25, -0.2) is 4.98 Å². The van der Waals surface area contributed by atoms with Gasteiger partial charge >= 0.3 is 0 Å². The SMILES string of the molecule is CN(C)c1nc(N[C@H]2CC[C@@H](CNC(=O)c3ccc(Cl)c(Cl)c3)CC2)nc2c1CCCC2. The number of fused-ring (bicyclic) bond motifs is 1. The molecule has 172 valence electrons. The van der Waals surface area contributed by atoms with Crippen molar-refractivity contribution in [3.8, 4) is 0 Å². The highest BCUT2D eigenvalue weighted by Gasteiger charge is 2.24. The quantitative estimate of drug-likeness (QED) is 0.605. The Labute approximate surface area is 200 Å². The maximum Gasteiger partial charge on any atom is 0.251 e. The standard InChI is InChI=1S/C24H31Cl2N5O/c1-31(2)22-18-5-3-4-6-21(18)29-24(30-22)28-17-10-7-15(8-11-17)14-27-23(32)16-9-12-19(25)20(26)13-16/h9,12-13,15,17H,3-8,10-11,14H2,1-2H3,(H,27,32)(H,28,29,30)/t15-,17+. The summed E-state index contributed by atoms with van der Waals surface area (Å²) in [7, 11) is 4.11. The summed E-state index contributed by atoms with van der Waals surface area (Å²) < 4.78 is 0. The molecule has 1 aromatic heterocycles. The molecule has 1 amide bonds. The maximum absolute atomic E-state index is 12.4. The highest BCUT2D eigenvalue weighted by Crippen LogP contribution is 2.30. The van der Waals surface area contributed by atoms with Crippen LogP contribution in [0.5, 0.6) is 0 Å². The molecule has 8 heteroatoms. The van der Waals surface area contributed by atoms with E-state index in [9.17, 15) is 4.79 Å². The second-order valence-electron chi connectivity index (χ2n) is 9.10. The van der Waals surface area contributed by atoms with Crippen LogP contribution in [-0.4, -0.2) is 42.6 Å². The summed E-state index contributed by atoms with van der Waals surface area (Å²) in [6, 6.07) is 5.33. The Hall–Kier alpha value is -2.05. The number of carbonyl (C=O) groups excluding carboxylic acids is 1. The zero-order valence-electron chi connectivity index (χ0n) is 18.8. The van der Waals surface area contributed by atoms with Gasteiger partial charge in [-0.3, -0.25) is 4.79 Å². The first-order valence-electron chi connectivity index (χ1n) is 11.5. The van der Waals surface area contributed by atoms with Crippen molar-refractivity contribution in [2.45, 2.75) is 57.4 Å². The number of halogens is 2. The van der Waals surface area contributed by atoms with Crippen LogP contribution in [0.15, 0.2) is 18.2 Å². The van der Waals surface area contributed by atoms with Crippen LogP contribution in [-0.2, 0) is 12.8 Å². The third kappa shape index (κ3) is 5.46. The molecule has 2 aliphatic carbocycles. The van der Waals surface area contributed by atoms with Gasteiger partial charge in [-0.05, 0) is 75.5 Å². The van der Waals surface area contributed by atoms with Gasteiger partial charge in [0.15, 0.2) is 0 Å². The van der Waals surface area contributed by atoms with Crippen LogP contribution < -0.4 is 15.5 Å². The number of amides is 1. The zero-order valence-corrected chi connectivity index (χ0v) is 20.3. The van der Waals surface area contributed by atoms with Crippen molar-refractivity contribution in [3.05, 3.63) is 45.1 Å². The molecule has 0 spiro atoms. The van der Waals surface area contributed by atoms with E-state index in [1.54, 1.807) is 18.2 Å². The fourth-order valence-electron chi connectivity index (χ4n) is 4.68. The molecule has 0 unspecified atom stereocenters. The van der Waals surface area contributed by atoms with Gasteiger partial charge in [0.1, 0.15) is 5.82 Å². The number of nitrogens with one attached hydrogen (secondary N) is 2. The van der Waals surface area contributed by atoms with Crippen LogP contribution in [0.1, 0.15) is 60.1 Å². The van der Waals surface area contributed by atoms with Gasteiger partial charge in [0.2, 0.25) is 5.95 Å². The molecule has 0 aliphatic heterocycles. The third-order valence-corrected chi connectivity index (χ3v) is 7.24. The number of anilines is 2. The van der Waals surface area contributed by atoms with E-state index in [0.717, 1.165) is 50.3 Å². The Morgan fingerprint density at radius 2 is 1.81 bits per heavy atom. The normalized spacial score (nSPS) is 20.4. The second kappa shape index (κ2) is 10.3. The van der Waals surface area contributed by atoms with E-state index in [1.165, 1.54) is 24.1 Å². The van der Waals surface area contributed by atoms with Gasteiger partial charge in [-0.15, -0.1) is 0 Å². The smallest absolute Gasteiger partial charge is 0.251 e. The summed E-state index contributed by atoms with van der Waals surface area (Å²) in [4.78, 5) is 24.2. The van der Waals surface area contributed by atoms with Crippen molar-refractivity contribution < 1.29 is 4.79 Å². The average Bonchev–Trinajstić information content (AvgIpc) is 2.79. The summed E-state index contributed by atoms with van der Waals surface area (Å²) in [5.74, 6) is 2.17. The van der Waals surface area contributed by atoms with Crippen LogP contribution >= 0.6 is 23.2 Å². The lowest BCUT2D eigenvalue weighted by molar-refractivity contribution is 0.0943. The molecule has 2 N–H and O–H groups in total. The van der Waals surface area contributed by atoms with Crippen molar-refractivity contribution in [1.29, 1.82) is 0 Å². The molecule has 0 bridgehead atoms. The monoisotopic (exact) mass is 475 g/mol. The van der Waals surface area contributed by atoms with Gasteiger partial charge in [-0.1, -0.05) is 23.2 Å². The van der Waals surface area contributed by atoms with Crippen molar-refractivity contribution in [1.82, 2.24) is 15.3 Å². The van der Waals surface area contributed by atoms with Crippen LogP contribution in [0.4, 0.5) is 11.8 Å². The molecule has 2 aromatic rings. The Bertz CT molecular complexity index is 973. The number of hydrogen-bond donors (Lipinski definition) is 2. The largest absolute Gasteiger partial charge is 0.362 e. The molecular weight excluding hydrogens is 445 g/mol. The molecule has 0 saturated heterocycles. The van der Waals surface area contributed by atoms with Gasteiger partial charge in [0, 0.05) is 37.8 Å². The van der Waals surface area contributed by atoms with Crippen LogP contribution in [0.25, 0.3) is 0 Å². The van der Waals surface area contributed by atoms with Crippen LogP contribution in [0.3, 0.4) is 0 Å². The Balaban J connectivity index is 1.29. The van der Waals surface area contributed by atoms with Gasteiger partial charge in [0.05, 0.1) is 15.7 Å². The molecule has 0 atom stereocenters. The molecule has 6 nitrogen and oxygen atoms in total. The lowest BCUT2D eigenvalue weighted by atomic mass is 9.86. The first-order valence-corrected chi connectivity index (χ1v) is 12.2. The number of aromatic nitrogens is 2. The summed E-state index contributed by atoms with van der Waals surface area (Å²) in [6.45, 7) is 0.673. The Morgan fingerprint density at radius 3 is 2.53 bits per heavy atom. The number of rotatable bonds is 6. The van der Waals surface area contributed by atoms with Crippen molar-refractivity contribution in [2.75, 3.05) is 30.9 Å².